The van der Waals surface area contributed by atoms with E-state index < -0.39 is 21.7 Å². The maximum absolute atomic E-state index is 13.7. The monoisotopic (exact) mass is 472 g/mol. The number of carbonyl (C=O) groups excluding carboxylic acids is 1. The zero-order chi connectivity index (χ0) is 23.8. The number of hydrogen-bond donors (Lipinski definition) is 0. The quantitative estimate of drug-likeness (QED) is 0.504. The number of anilines is 1. The summed E-state index contributed by atoms with van der Waals surface area (Å²) in [5.41, 5.74) is 2.99. The molecular formula is C25H29FN2O4S. The van der Waals surface area contributed by atoms with E-state index in [0.717, 1.165) is 24.3 Å². The molecule has 0 saturated carbocycles. The third kappa shape index (κ3) is 4.76. The number of rotatable bonds is 7. The van der Waals surface area contributed by atoms with E-state index in [-0.39, 0.29) is 29.7 Å². The van der Waals surface area contributed by atoms with Crippen LogP contribution in [-0.4, -0.2) is 49.9 Å². The molecule has 176 valence electrons. The predicted molar refractivity (Wildman–Crippen MR) is 128 cm³/mol. The Morgan fingerprint density at radius 3 is 2.42 bits per heavy atom. The fourth-order valence-electron chi connectivity index (χ4n) is 4.51. The molecule has 1 aliphatic rings. The average Bonchev–Trinajstić information content (AvgIpc) is 3.32. The number of hydrogen-bond acceptors (Lipinski definition) is 5. The summed E-state index contributed by atoms with van der Waals surface area (Å²) >= 11 is 0. The van der Waals surface area contributed by atoms with Gasteiger partial charge < -0.3 is 14.2 Å². The molecule has 3 aromatic rings. The topological polar surface area (TPSA) is 70.8 Å². The van der Waals surface area contributed by atoms with Gasteiger partial charge in [-0.2, -0.15) is 0 Å². The second-order valence-electron chi connectivity index (χ2n) is 8.53. The highest BCUT2D eigenvalue weighted by molar-refractivity contribution is 7.91. The van der Waals surface area contributed by atoms with Gasteiger partial charge in [0.15, 0.2) is 15.6 Å². The molecule has 0 bridgehead atoms. The first-order valence-electron chi connectivity index (χ1n) is 11.3. The number of amides is 1. The van der Waals surface area contributed by atoms with Crippen LogP contribution < -0.4 is 4.90 Å². The first-order valence-corrected chi connectivity index (χ1v) is 13.1. The van der Waals surface area contributed by atoms with Crippen molar-refractivity contribution in [3.63, 3.8) is 0 Å². The van der Waals surface area contributed by atoms with E-state index in [1.807, 2.05) is 24.3 Å². The van der Waals surface area contributed by atoms with Crippen molar-refractivity contribution in [2.75, 3.05) is 29.5 Å². The molecule has 1 aromatic heterocycles. The largest absolute Gasteiger partial charge is 0.451 e. The minimum Gasteiger partial charge on any atom is -0.451 e. The molecule has 1 fully saturated rings. The van der Waals surface area contributed by atoms with Crippen LogP contribution in [-0.2, 0) is 16.4 Å². The Hall–Kier alpha value is -2.87. The number of benzene rings is 2. The van der Waals surface area contributed by atoms with Gasteiger partial charge in [-0.1, -0.05) is 12.1 Å². The molecule has 8 heteroatoms. The number of nitrogens with zero attached hydrogens (tertiary/aromatic N) is 2. The Bertz CT molecular complexity index is 1260. The lowest BCUT2D eigenvalue weighted by molar-refractivity contribution is 0.0649. The maximum Gasteiger partial charge on any atom is 0.290 e. The fourth-order valence-corrected chi connectivity index (χ4v) is 6.24. The summed E-state index contributed by atoms with van der Waals surface area (Å²) in [4.78, 5) is 17.5. The van der Waals surface area contributed by atoms with Crippen LogP contribution in [0.25, 0.3) is 11.0 Å². The Morgan fingerprint density at radius 2 is 1.82 bits per heavy atom. The first kappa shape index (κ1) is 23.3. The second kappa shape index (κ2) is 9.17. The molecule has 2 heterocycles. The molecule has 0 aliphatic carbocycles. The van der Waals surface area contributed by atoms with Crippen molar-refractivity contribution >= 4 is 32.4 Å². The highest BCUT2D eigenvalue weighted by Gasteiger charge is 2.36. The molecule has 1 aliphatic heterocycles. The van der Waals surface area contributed by atoms with Crippen molar-refractivity contribution in [3.05, 3.63) is 65.2 Å². The van der Waals surface area contributed by atoms with Gasteiger partial charge in [0.05, 0.1) is 11.5 Å². The summed E-state index contributed by atoms with van der Waals surface area (Å²) in [6.45, 7) is 7.97. The molecule has 33 heavy (non-hydrogen) atoms. The number of carbonyl (C=O) groups is 1. The Balaban J connectivity index is 1.67. The minimum atomic E-state index is -3.19. The number of fused-ring (bicyclic) bond motifs is 1. The van der Waals surface area contributed by atoms with Crippen LogP contribution in [0.1, 0.15) is 41.9 Å². The normalized spacial score (nSPS) is 17.4. The molecule has 1 saturated heterocycles. The summed E-state index contributed by atoms with van der Waals surface area (Å²) < 4.78 is 43.9. The summed E-state index contributed by atoms with van der Waals surface area (Å²) in [5, 5.41) is 0.543. The first-order chi connectivity index (χ1) is 15.7. The summed E-state index contributed by atoms with van der Waals surface area (Å²) in [6, 6.07) is 11.7. The van der Waals surface area contributed by atoms with Gasteiger partial charge in [-0.3, -0.25) is 4.79 Å². The third-order valence-electron chi connectivity index (χ3n) is 6.42. The van der Waals surface area contributed by atoms with E-state index in [0.29, 0.717) is 23.0 Å². The van der Waals surface area contributed by atoms with E-state index >= 15 is 0 Å². The van der Waals surface area contributed by atoms with Gasteiger partial charge in [-0.25, -0.2) is 12.8 Å². The lowest BCUT2D eigenvalue weighted by atomic mass is 10.1. The van der Waals surface area contributed by atoms with Gasteiger partial charge in [0.25, 0.3) is 5.91 Å². The average molecular weight is 473 g/mol. The molecule has 0 spiro atoms. The van der Waals surface area contributed by atoms with Crippen LogP contribution in [0.3, 0.4) is 0 Å². The molecule has 6 nitrogen and oxygen atoms in total. The zero-order valence-corrected chi connectivity index (χ0v) is 20.0. The van der Waals surface area contributed by atoms with Crippen LogP contribution >= 0.6 is 0 Å². The molecular weight excluding hydrogens is 443 g/mol. The van der Waals surface area contributed by atoms with Crippen molar-refractivity contribution in [2.45, 2.75) is 39.8 Å². The van der Waals surface area contributed by atoms with Gasteiger partial charge in [0.1, 0.15) is 11.4 Å². The molecule has 0 unspecified atom stereocenters. The SMILES string of the molecule is CCN(CC)c1ccc(CN(C(=O)c2oc3ccc(F)cc3c2C)[C@@H]2CCS(=O)(=O)C2)cc1. The summed E-state index contributed by atoms with van der Waals surface area (Å²) in [6.07, 6.45) is 0.388. The number of aryl methyl sites for hydroxylation is 1. The maximum atomic E-state index is 13.7. The van der Waals surface area contributed by atoms with Crippen molar-refractivity contribution in [1.82, 2.24) is 4.90 Å². The van der Waals surface area contributed by atoms with Gasteiger partial charge in [0, 0.05) is 42.3 Å². The van der Waals surface area contributed by atoms with Gasteiger partial charge >= 0.3 is 0 Å². The molecule has 0 N–H and O–H groups in total. The second-order valence-corrected chi connectivity index (χ2v) is 10.8. The van der Waals surface area contributed by atoms with Crippen LogP contribution in [0.2, 0.25) is 0 Å². The van der Waals surface area contributed by atoms with Gasteiger partial charge in [-0.05, 0) is 63.1 Å². The standard InChI is InChI=1S/C25H29FN2O4S/c1-4-27(5-2)20-9-6-18(7-10-20)15-28(21-12-13-33(30,31)16-21)25(29)24-17(3)22-14-19(26)8-11-23(22)32-24/h6-11,14,21H,4-5,12-13,15-16H2,1-3H3/t21-/m1/s1. The molecule has 0 radical (unpaired) electrons. The van der Waals surface area contributed by atoms with E-state index in [1.165, 1.54) is 18.2 Å². The number of furan rings is 1. The van der Waals surface area contributed by atoms with E-state index in [9.17, 15) is 17.6 Å². The van der Waals surface area contributed by atoms with Crippen LogP contribution in [0.4, 0.5) is 10.1 Å². The smallest absolute Gasteiger partial charge is 0.290 e. The zero-order valence-electron chi connectivity index (χ0n) is 19.2. The molecule has 4 rings (SSSR count). The van der Waals surface area contributed by atoms with Crippen molar-refractivity contribution in [2.24, 2.45) is 0 Å². The summed E-state index contributed by atoms with van der Waals surface area (Å²) in [5.74, 6) is -0.660. The Morgan fingerprint density at radius 1 is 1.12 bits per heavy atom. The highest BCUT2D eigenvalue weighted by atomic mass is 32.2. The molecule has 2 aromatic carbocycles. The van der Waals surface area contributed by atoms with E-state index in [1.54, 1.807) is 11.8 Å². The Labute approximate surface area is 193 Å². The lowest BCUT2D eigenvalue weighted by Gasteiger charge is -2.28. The van der Waals surface area contributed by atoms with Crippen molar-refractivity contribution in [1.29, 1.82) is 0 Å². The van der Waals surface area contributed by atoms with Crippen molar-refractivity contribution < 1.29 is 22.0 Å². The minimum absolute atomic E-state index is 0.0622. The highest BCUT2D eigenvalue weighted by Crippen LogP contribution is 2.30. The van der Waals surface area contributed by atoms with Gasteiger partial charge in [0.2, 0.25) is 0 Å². The van der Waals surface area contributed by atoms with Crippen LogP contribution in [0.15, 0.2) is 46.9 Å². The van der Waals surface area contributed by atoms with Gasteiger partial charge in [-0.15, -0.1) is 0 Å². The van der Waals surface area contributed by atoms with E-state index in [4.69, 9.17) is 4.42 Å². The Kier molecular flexibility index (Phi) is 6.47. The lowest BCUT2D eigenvalue weighted by Crippen LogP contribution is -2.40. The summed E-state index contributed by atoms with van der Waals surface area (Å²) in [7, 11) is -3.19. The molecule has 1 amide bonds. The van der Waals surface area contributed by atoms with Crippen LogP contribution in [0.5, 0.6) is 0 Å². The van der Waals surface area contributed by atoms with Crippen molar-refractivity contribution in [3.8, 4) is 0 Å². The third-order valence-corrected chi connectivity index (χ3v) is 8.17. The molecule has 1 atom stereocenters. The number of halogens is 1. The number of sulfone groups is 1. The predicted octanol–water partition coefficient (Wildman–Crippen LogP) is 4.56. The van der Waals surface area contributed by atoms with Crippen LogP contribution in [0, 0.1) is 12.7 Å². The van der Waals surface area contributed by atoms with E-state index in [2.05, 4.69) is 18.7 Å². The fraction of sp³-hybridized carbons (Fsp3) is 0.400.